The molecule has 2 aromatic carbocycles. The average molecular weight is 255 g/mol. The highest BCUT2D eigenvalue weighted by Gasteiger charge is 2.06. The first kappa shape index (κ1) is 12.9. The molecule has 19 heavy (non-hydrogen) atoms. The van der Waals surface area contributed by atoms with Crippen LogP contribution in [0, 0.1) is 17.1 Å². The Morgan fingerprint density at radius 2 is 2.05 bits per heavy atom. The first-order valence-corrected chi connectivity index (χ1v) is 5.85. The summed E-state index contributed by atoms with van der Waals surface area (Å²) in [5, 5.41) is 8.95. The van der Waals surface area contributed by atoms with E-state index in [4.69, 9.17) is 11.0 Å². The Bertz CT molecular complexity index is 632. The van der Waals surface area contributed by atoms with Gasteiger partial charge in [-0.25, -0.2) is 4.39 Å². The molecule has 0 atom stereocenters. The summed E-state index contributed by atoms with van der Waals surface area (Å²) >= 11 is 0. The van der Waals surface area contributed by atoms with Gasteiger partial charge < -0.3 is 10.6 Å². The maximum Gasteiger partial charge on any atom is 0.123 e. The van der Waals surface area contributed by atoms with E-state index in [0.29, 0.717) is 17.8 Å². The second kappa shape index (κ2) is 5.40. The molecule has 0 aliphatic carbocycles. The second-order valence-corrected chi connectivity index (χ2v) is 4.37. The number of nitrogens with zero attached hydrogens (tertiary/aromatic N) is 2. The fourth-order valence-corrected chi connectivity index (χ4v) is 1.88. The lowest BCUT2D eigenvalue weighted by Crippen LogP contribution is -2.16. The highest BCUT2D eigenvalue weighted by atomic mass is 19.1. The van der Waals surface area contributed by atoms with Gasteiger partial charge in [0, 0.05) is 25.0 Å². The topological polar surface area (TPSA) is 53.0 Å². The van der Waals surface area contributed by atoms with E-state index in [-0.39, 0.29) is 5.82 Å². The SMILES string of the molecule is CN(Cc1cccc(F)c1)c1ccc(N)c(C#N)c1. The molecule has 0 fully saturated rings. The summed E-state index contributed by atoms with van der Waals surface area (Å²) in [6.45, 7) is 0.562. The number of hydrogen-bond acceptors (Lipinski definition) is 3. The van der Waals surface area contributed by atoms with E-state index in [1.165, 1.54) is 12.1 Å². The van der Waals surface area contributed by atoms with E-state index in [1.807, 2.05) is 24.1 Å². The van der Waals surface area contributed by atoms with Crippen LogP contribution in [0.2, 0.25) is 0 Å². The molecule has 2 N–H and O–H groups in total. The van der Waals surface area contributed by atoms with Gasteiger partial charge in [-0.1, -0.05) is 12.1 Å². The lowest BCUT2D eigenvalue weighted by Gasteiger charge is -2.20. The predicted molar refractivity (Wildman–Crippen MR) is 74.1 cm³/mol. The Morgan fingerprint density at radius 3 is 2.74 bits per heavy atom. The third-order valence-electron chi connectivity index (χ3n) is 2.91. The lowest BCUT2D eigenvalue weighted by atomic mass is 10.1. The monoisotopic (exact) mass is 255 g/mol. The van der Waals surface area contributed by atoms with Gasteiger partial charge in [0.05, 0.1) is 5.56 Å². The summed E-state index contributed by atoms with van der Waals surface area (Å²) in [6, 6.07) is 13.8. The quantitative estimate of drug-likeness (QED) is 0.858. The fraction of sp³-hybridized carbons (Fsp3) is 0.133. The van der Waals surface area contributed by atoms with Crippen LogP contribution in [-0.2, 0) is 6.54 Å². The zero-order valence-electron chi connectivity index (χ0n) is 10.6. The van der Waals surface area contributed by atoms with E-state index in [1.54, 1.807) is 18.2 Å². The van der Waals surface area contributed by atoms with Crippen LogP contribution in [0.25, 0.3) is 0 Å². The summed E-state index contributed by atoms with van der Waals surface area (Å²) in [6.07, 6.45) is 0. The number of hydrogen-bond donors (Lipinski definition) is 1. The number of rotatable bonds is 3. The van der Waals surface area contributed by atoms with E-state index in [2.05, 4.69) is 6.07 Å². The van der Waals surface area contributed by atoms with E-state index >= 15 is 0 Å². The molecule has 0 aliphatic rings. The van der Waals surface area contributed by atoms with Crippen molar-refractivity contribution in [1.29, 1.82) is 5.26 Å². The second-order valence-electron chi connectivity index (χ2n) is 4.37. The zero-order valence-corrected chi connectivity index (χ0v) is 10.6. The molecule has 0 bridgehead atoms. The van der Waals surface area contributed by atoms with Gasteiger partial charge in [-0.2, -0.15) is 5.26 Å². The molecular weight excluding hydrogens is 241 g/mol. The summed E-state index contributed by atoms with van der Waals surface area (Å²) < 4.78 is 13.1. The predicted octanol–water partition coefficient (Wildman–Crippen LogP) is 2.92. The van der Waals surface area contributed by atoms with Crippen LogP contribution in [0.4, 0.5) is 15.8 Å². The summed E-state index contributed by atoms with van der Waals surface area (Å²) in [4.78, 5) is 1.94. The average Bonchev–Trinajstić information content (AvgIpc) is 2.39. The van der Waals surface area contributed by atoms with Gasteiger partial charge in [0.2, 0.25) is 0 Å². The van der Waals surface area contributed by atoms with Gasteiger partial charge in [0.25, 0.3) is 0 Å². The van der Waals surface area contributed by atoms with E-state index < -0.39 is 0 Å². The molecule has 0 radical (unpaired) electrons. The van der Waals surface area contributed by atoms with Crippen molar-refractivity contribution >= 4 is 11.4 Å². The van der Waals surface area contributed by atoms with Crippen molar-refractivity contribution in [3.63, 3.8) is 0 Å². The van der Waals surface area contributed by atoms with Gasteiger partial charge in [-0.05, 0) is 35.9 Å². The molecule has 2 aromatic rings. The van der Waals surface area contributed by atoms with Crippen molar-refractivity contribution < 1.29 is 4.39 Å². The van der Waals surface area contributed by atoms with Crippen molar-refractivity contribution in [2.24, 2.45) is 0 Å². The minimum absolute atomic E-state index is 0.249. The molecule has 0 saturated heterocycles. The normalized spacial score (nSPS) is 9.95. The Hall–Kier alpha value is -2.54. The number of nitrogen functional groups attached to an aromatic ring is 1. The van der Waals surface area contributed by atoms with Crippen LogP contribution in [0.3, 0.4) is 0 Å². The van der Waals surface area contributed by atoms with Gasteiger partial charge in [-0.15, -0.1) is 0 Å². The summed E-state index contributed by atoms with van der Waals surface area (Å²) in [5.41, 5.74) is 8.34. The fourth-order valence-electron chi connectivity index (χ4n) is 1.88. The molecule has 0 aliphatic heterocycles. The van der Waals surface area contributed by atoms with Crippen molar-refractivity contribution in [3.05, 3.63) is 59.4 Å². The largest absolute Gasteiger partial charge is 0.398 e. The molecule has 0 saturated carbocycles. The van der Waals surface area contributed by atoms with Crippen molar-refractivity contribution in [2.45, 2.75) is 6.54 Å². The molecule has 2 rings (SSSR count). The molecule has 0 aromatic heterocycles. The van der Waals surface area contributed by atoms with Gasteiger partial charge in [0.1, 0.15) is 11.9 Å². The minimum Gasteiger partial charge on any atom is -0.398 e. The number of halogens is 1. The van der Waals surface area contributed by atoms with Crippen LogP contribution in [-0.4, -0.2) is 7.05 Å². The smallest absolute Gasteiger partial charge is 0.123 e. The Balaban J connectivity index is 2.21. The number of anilines is 2. The highest BCUT2D eigenvalue weighted by Crippen LogP contribution is 2.21. The number of benzene rings is 2. The number of nitriles is 1. The first-order valence-electron chi connectivity index (χ1n) is 5.85. The first-order chi connectivity index (χ1) is 9.10. The number of nitrogens with two attached hydrogens (primary N) is 1. The minimum atomic E-state index is -0.249. The Labute approximate surface area is 111 Å². The Kier molecular flexibility index (Phi) is 3.67. The molecule has 0 unspecified atom stereocenters. The Morgan fingerprint density at radius 1 is 1.26 bits per heavy atom. The molecular formula is C15H14FN3. The highest BCUT2D eigenvalue weighted by molar-refractivity contribution is 5.62. The maximum absolute atomic E-state index is 13.1. The third-order valence-corrected chi connectivity index (χ3v) is 2.91. The maximum atomic E-state index is 13.1. The molecule has 0 spiro atoms. The van der Waals surface area contributed by atoms with Crippen molar-refractivity contribution in [2.75, 3.05) is 17.7 Å². The van der Waals surface area contributed by atoms with Gasteiger partial charge >= 0.3 is 0 Å². The molecule has 0 heterocycles. The molecule has 0 amide bonds. The molecule has 3 nitrogen and oxygen atoms in total. The van der Waals surface area contributed by atoms with Gasteiger partial charge in [0.15, 0.2) is 0 Å². The van der Waals surface area contributed by atoms with Crippen LogP contribution < -0.4 is 10.6 Å². The standard InChI is InChI=1S/C15H14FN3/c1-19(10-11-3-2-4-13(16)7-11)14-5-6-15(18)12(8-14)9-17/h2-8H,10,18H2,1H3. The van der Waals surface area contributed by atoms with Crippen LogP contribution in [0.15, 0.2) is 42.5 Å². The molecule has 96 valence electrons. The van der Waals surface area contributed by atoms with E-state index in [0.717, 1.165) is 11.3 Å². The van der Waals surface area contributed by atoms with Crippen LogP contribution >= 0.6 is 0 Å². The zero-order chi connectivity index (χ0) is 13.8. The lowest BCUT2D eigenvalue weighted by molar-refractivity contribution is 0.625. The van der Waals surface area contributed by atoms with Crippen LogP contribution in [0.5, 0.6) is 0 Å². The van der Waals surface area contributed by atoms with E-state index in [9.17, 15) is 4.39 Å². The van der Waals surface area contributed by atoms with Crippen molar-refractivity contribution in [1.82, 2.24) is 0 Å². The summed E-state index contributed by atoms with van der Waals surface area (Å²) in [7, 11) is 1.89. The summed E-state index contributed by atoms with van der Waals surface area (Å²) in [5.74, 6) is -0.249. The molecule has 4 heteroatoms. The third kappa shape index (κ3) is 3.02. The van der Waals surface area contributed by atoms with Crippen molar-refractivity contribution in [3.8, 4) is 6.07 Å². The van der Waals surface area contributed by atoms with Crippen LogP contribution in [0.1, 0.15) is 11.1 Å². The van der Waals surface area contributed by atoms with Gasteiger partial charge in [-0.3, -0.25) is 0 Å².